The Morgan fingerprint density at radius 3 is 2.82 bits per heavy atom. The molecule has 0 radical (unpaired) electrons. The highest BCUT2D eigenvalue weighted by Crippen LogP contribution is 2.26. The van der Waals surface area contributed by atoms with Gasteiger partial charge >= 0.3 is 0 Å². The zero-order valence-electron chi connectivity index (χ0n) is 11.2. The summed E-state index contributed by atoms with van der Waals surface area (Å²) >= 11 is 2.68. The third kappa shape index (κ3) is 3.34. The lowest BCUT2D eigenvalue weighted by atomic mass is 10.3. The highest BCUT2D eigenvalue weighted by atomic mass is 32.2. The molecule has 0 atom stereocenters. The number of benzene rings is 1. The first kappa shape index (κ1) is 14.7. The van der Waals surface area contributed by atoms with Crippen LogP contribution in [0.3, 0.4) is 0 Å². The number of hydrogen-bond acceptors (Lipinski definition) is 6. The SMILES string of the molecule is Nc1nc(SCC(=O)Nc2ccc(F)cc2)nc2sccc12. The largest absolute Gasteiger partial charge is 0.383 e. The third-order valence-electron chi connectivity index (χ3n) is 2.79. The van der Waals surface area contributed by atoms with Crippen molar-refractivity contribution in [3.05, 3.63) is 41.5 Å². The van der Waals surface area contributed by atoms with Gasteiger partial charge in [0.15, 0.2) is 5.16 Å². The third-order valence-corrected chi connectivity index (χ3v) is 4.45. The molecule has 1 aromatic carbocycles. The van der Waals surface area contributed by atoms with Crippen LogP contribution in [0.25, 0.3) is 10.2 Å². The van der Waals surface area contributed by atoms with Crippen LogP contribution in [0.5, 0.6) is 0 Å². The van der Waals surface area contributed by atoms with E-state index in [1.54, 1.807) is 0 Å². The number of amides is 1. The molecule has 112 valence electrons. The summed E-state index contributed by atoms with van der Waals surface area (Å²) in [6.07, 6.45) is 0. The number of nitrogens with zero attached hydrogens (tertiary/aromatic N) is 2. The summed E-state index contributed by atoms with van der Waals surface area (Å²) in [5.41, 5.74) is 6.39. The Morgan fingerprint density at radius 1 is 1.27 bits per heavy atom. The number of hydrogen-bond donors (Lipinski definition) is 2. The maximum absolute atomic E-state index is 12.8. The van der Waals surface area contributed by atoms with E-state index < -0.39 is 0 Å². The van der Waals surface area contributed by atoms with Crippen LogP contribution in [-0.2, 0) is 4.79 Å². The Morgan fingerprint density at radius 2 is 2.05 bits per heavy atom. The molecule has 0 spiro atoms. The van der Waals surface area contributed by atoms with E-state index in [1.165, 1.54) is 47.4 Å². The molecule has 1 amide bonds. The van der Waals surface area contributed by atoms with Crippen molar-refractivity contribution in [2.75, 3.05) is 16.8 Å². The molecule has 0 saturated heterocycles. The molecule has 0 saturated carbocycles. The van der Waals surface area contributed by atoms with Crippen LogP contribution in [-0.4, -0.2) is 21.6 Å². The number of fused-ring (bicyclic) bond motifs is 1. The molecule has 3 N–H and O–H groups in total. The minimum atomic E-state index is -0.347. The van der Waals surface area contributed by atoms with Gasteiger partial charge in [-0.3, -0.25) is 4.79 Å². The van der Waals surface area contributed by atoms with Crippen molar-refractivity contribution in [1.82, 2.24) is 9.97 Å². The highest BCUT2D eigenvalue weighted by molar-refractivity contribution is 7.99. The van der Waals surface area contributed by atoms with Crippen LogP contribution in [0, 0.1) is 5.82 Å². The molecule has 2 aromatic heterocycles. The van der Waals surface area contributed by atoms with Gasteiger partial charge in [-0.05, 0) is 35.7 Å². The van der Waals surface area contributed by atoms with Gasteiger partial charge in [0.25, 0.3) is 0 Å². The van der Waals surface area contributed by atoms with Gasteiger partial charge in [-0.2, -0.15) is 0 Å². The Hall–Kier alpha value is -2.19. The molecule has 0 fully saturated rings. The summed E-state index contributed by atoms with van der Waals surface area (Å²) in [4.78, 5) is 21.2. The minimum Gasteiger partial charge on any atom is -0.383 e. The predicted molar refractivity (Wildman–Crippen MR) is 87.6 cm³/mol. The molecule has 0 aliphatic rings. The molecule has 0 aliphatic heterocycles. The molecule has 5 nitrogen and oxygen atoms in total. The number of thiophene rings is 1. The average molecular weight is 334 g/mol. The lowest BCUT2D eigenvalue weighted by Gasteiger charge is -2.05. The van der Waals surface area contributed by atoms with Crippen LogP contribution >= 0.6 is 23.1 Å². The number of rotatable bonds is 4. The van der Waals surface area contributed by atoms with E-state index in [0.29, 0.717) is 16.7 Å². The summed E-state index contributed by atoms with van der Waals surface area (Å²) in [5.74, 6) is -0.00787. The number of nitrogens with two attached hydrogens (primary N) is 1. The summed E-state index contributed by atoms with van der Waals surface area (Å²) in [6.45, 7) is 0. The van der Waals surface area contributed by atoms with Gasteiger partial charge in [0.05, 0.1) is 11.1 Å². The van der Waals surface area contributed by atoms with Gasteiger partial charge in [-0.25, -0.2) is 14.4 Å². The fourth-order valence-corrected chi connectivity index (χ4v) is 3.26. The molecule has 0 bridgehead atoms. The van der Waals surface area contributed by atoms with Crippen molar-refractivity contribution in [1.29, 1.82) is 0 Å². The van der Waals surface area contributed by atoms with Crippen molar-refractivity contribution in [3.63, 3.8) is 0 Å². The molecule has 8 heteroatoms. The lowest BCUT2D eigenvalue weighted by Crippen LogP contribution is -2.14. The maximum atomic E-state index is 12.8. The van der Waals surface area contributed by atoms with E-state index in [-0.39, 0.29) is 17.5 Å². The second-order valence-corrected chi connectivity index (χ2v) is 6.21. The van der Waals surface area contributed by atoms with Gasteiger partial charge in [0, 0.05) is 5.69 Å². The summed E-state index contributed by atoms with van der Waals surface area (Å²) < 4.78 is 12.8. The molecule has 0 aliphatic carbocycles. The van der Waals surface area contributed by atoms with Crippen LogP contribution in [0.1, 0.15) is 0 Å². The second-order valence-electron chi connectivity index (χ2n) is 4.37. The van der Waals surface area contributed by atoms with Crippen molar-refractivity contribution >= 4 is 50.7 Å². The van der Waals surface area contributed by atoms with Crippen LogP contribution in [0.2, 0.25) is 0 Å². The van der Waals surface area contributed by atoms with Gasteiger partial charge < -0.3 is 11.1 Å². The highest BCUT2D eigenvalue weighted by Gasteiger charge is 2.09. The van der Waals surface area contributed by atoms with Crippen LogP contribution in [0.15, 0.2) is 40.9 Å². The first-order chi connectivity index (χ1) is 10.6. The Balaban J connectivity index is 1.63. The molecule has 3 aromatic rings. The zero-order chi connectivity index (χ0) is 15.5. The number of aromatic nitrogens is 2. The van der Waals surface area contributed by atoms with Crippen molar-refractivity contribution < 1.29 is 9.18 Å². The maximum Gasteiger partial charge on any atom is 0.234 e. The number of nitrogens with one attached hydrogen (secondary N) is 1. The minimum absolute atomic E-state index is 0.147. The molecular weight excluding hydrogens is 323 g/mol. The number of carbonyl (C=O) groups is 1. The van der Waals surface area contributed by atoms with E-state index in [9.17, 15) is 9.18 Å². The Labute approximate surface area is 133 Å². The standard InChI is InChI=1S/C14H11FN4OS2/c15-8-1-3-9(4-2-8)17-11(20)7-22-14-18-12(16)10-5-6-21-13(10)19-14/h1-6H,7H2,(H,17,20)(H2,16,18,19). The fraction of sp³-hybridized carbons (Fsp3) is 0.0714. The molecule has 0 unspecified atom stereocenters. The molecule has 22 heavy (non-hydrogen) atoms. The van der Waals surface area contributed by atoms with E-state index in [1.807, 2.05) is 11.4 Å². The Bertz CT molecular complexity index is 819. The van der Waals surface area contributed by atoms with Gasteiger partial charge in [0.2, 0.25) is 5.91 Å². The summed E-state index contributed by atoms with van der Waals surface area (Å²) in [6, 6.07) is 7.45. The molecular formula is C14H11FN4OS2. The average Bonchev–Trinajstić information content (AvgIpc) is 2.97. The number of anilines is 2. The van der Waals surface area contributed by atoms with Gasteiger partial charge in [0.1, 0.15) is 16.5 Å². The molecule has 2 heterocycles. The van der Waals surface area contributed by atoms with Crippen LogP contribution in [0.4, 0.5) is 15.9 Å². The summed E-state index contributed by atoms with van der Waals surface area (Å²) in [5, 5.41) is 5.85. The van der Waals surface area contributed by atoms with Gasteiger partial charge in [-0.1, -0.05) is 11.8 Å². The van der Waals surface area contributed by atoms with Crippen molar-refractivity contribution in [2.24, 2.45) is 0 Å². The molecule has 3 rings (SSSR count). The smallest absolute Gasteiger partial charge is 0.234 e. The number of carbonyl (C=O) groups excluding carboxylic acids is 1. The van der Waals surface area contributed by atoms with Crippen molar-refractivity contribution in [2.45, 2.75) is 5.16 Å². The topological polar surface area (TPSA) is 80.9 Å². The van der Waals surface area contributed by atoms with Crippen molar-refractivity contribution in [3.8, 4) is 0 Å². The van der Waals surface area contributed by atoms with E-state index in [4.69, 9.17) is 5.73 Å². The summed E-state index contributed by atoms with van der Waals surface area (Å²) in [7, 11) is 0. The van der Waals surface area contributed by atoms with Crippen LogP contribution < -0.4 is 11.1 Å². The lowest BCUT2D eigenvalue weighted by molar-refractivity contribution is -0.113. The Kier molecular flexibility index (Phi) is 4.21. The van der Waals surface area contributed by atoms with E-state index in [0.717, 1.165) is 10.2 Å². The zero-order valence-corrected chi connectivity index (χ0v) is 12.9. The number of thioether (sulfide) groups is 1. The predicted octanol–water partition coefficient (Wildman–Crippen LogP) is 3.14. The van der Waals surface area contributed by atoms with Gasteiger partial charge in [-0.15, -0.1) is 11.3 Å². The van der Waals surface area contributed by atoms with E-state index >= 15 is 0 Å². The fourth-order valence-electron chi connectivity index (χ4n) is 1.78. The quantitative estimate of drug-likeness (QED) is 0.566. The monoisotopic (exact) mass is 334 g/mol. The number of halogens is 1. The number of nitrogen functional groups attached to an aromatic ring is 1. The second kappa shape index (κ2) is 6.29. The first-order valence-corrected chi connectivity index (χ1v) is 8.17. The van der Waals surface area contributed by atoms with E-state index in [2.05, 4.69) is 15.3 Å². The first-order valence-electron chi connectivity index (χ1n) is 6.31. The normalized spacial score (nSPS) is 10.8.